The van der Waals surface area contributed by atoms with Gasteiger partial charge in [0, 0.05) is 62.5 Å². The van der Waals surface area contributed by atoms with Crippen LogP contribution in [0.15, 0.2) is 48.5 Å². The van der Waals surface area contributed by atoms with E-state index in [1.165, 1.54) is 13.2 Å². The third-order valence-electron chi connectivity index (χ3n) is 11.8. The Kier molecular flexibility index (Phi) is 32.3. The lowest BCUT2D eigenvalue weighted by Gasteiger charge is -2.32. The molecule has 0 saturated carbocycles. The number of halogens is 6. The number of aliphatic hydroxyl groups is 1. The Morgan fingerprint density at radius 3 is 1.42 bits per heavy atom. The van der Waals surface area contributed by atoms with Gasteiger partial charge in [-0.3, -0.25) is 0 Å². The number of aryl methyl sites for hydroxylation is 1. The van der Waals surface area contributed by atoms with E-state index >= 15 is 0 Å². The molecule has 24 heteroatoms. The smallest absolute Gasteiger partial charge is 0.373 e. The molecule has 0 aliphatic carbocycles. The maximum atomic E-state index is 11.2. The molecule has 0 unspecified atom stereocenters. The number of rotatable bonds is 12. The normalized spacial score (nSPS) is 15.4. The van der Waals surface area contributed by atoms with Crippen molar-refractivity contribution in [3.05, 3.63) is 114 Å². The number of pyridine rings is 4. The minimum Gasteiger partial charge on any atom is -0.464 e. The van der Waals surface area contributed by atoms with Crippen molar-refractivity contribution in [1.82, 2.24) is 24.8 Å². The molecule has 3 aliphatic rings. The highest BCUT2D eigenvalue weighted by atomic mass is 79.9. The minimum atomic E-state index is -0.603. The number of aliphatic hydroxyl groups excluding tert-OH is 1. The predicted octanol–water partition coefficient (Wildman–Crippen LogP) is 9.58. The quantitative estimate of drug-likeness (QED) is 0.0598. The molecule has 1 N–H and O–H groups in total. The first kappa shape index (κ1) is 67.4. The molecular weight excluding hydrogens is 1200 g/mol. The SMILES string of the molecule is BrCCOCCBr.CN(C)Cc1nc(Cl)ccc1C1(C#N)CCOCC1.COC(=O)c1nc(Cl)ccc1CC#N.Cc1nc(Cl)ccc1C1(C#N)CCOCC1.N#CC1(c2ccc(Cl)nc2CO)CCOCC1.O=C=O. The number of nitriles is 4. The Morgan fingerprint density at radius 1 is 0.658 bits per heavy atom. The molecule has 76 heavy (non-hydrogen) atoms. The fraction of sp³-hybridized carbons (Fsp3) is 0.500. The highest BCUT2D eigenvalue weighted by Crippen LogP contribution is 2.38. The summed E-state index contributed by atoms with van der Waals surface area (Å²) in [7, 11) is 5.21. The molecule has 0 radical (unpaired) electrons. The summed E-state index contributed by atoms with van der Waals surface area (Å²) in [4.78, 5) is 46.0. The number of hydrogen-bond acceptors (Lipinski definition) is 18. The molecule has 4 aromatic rings. The topological polar surface area (TPSA) is 268 Å². The van der Waals surface area contributed by atoms with Gasteiger partial charge >= 0.3 is 12.1 Å². The van der Waals surface area contributed by atoms with E-state index in [4.69, 9.17) is 80.2 Å². The van der Waals surface area contributed by atoms with Gasteiger partial charge in [0.1, 0.15) is 20.6 Å². The lowest BCUT2D eigenvalue weighted by molar-refractivity contribution is -0.191. The van der Waals surface area contributed by atoms with Crippen molar-refractivity contribution < 1.29 is 43.2 Å². The summed E-state index contributed by atoms with van der Waals surface area (Å²) in [6.07, 6.45) is 4.50. The van der Waals surface area contributed by atoms with Crippen LogP contribution in [0.25, 0.3) is 0 Å². The second kappa shape index (κ2) is 36.4. The van der Waals surface area contributed by atoms with Gasteiger partial charge in [0.15, 0.2) is 5.69 Å². The van der Waals surface area contributed by atoms with Crippen LogP contribution in [0.2, 0.25) is 20.6 Å². The van der Waals surface area contributed by atoms with E-state index in [0.717, 1.165) is 64.8 Å². The Hall–Kier alpha value is -4.71. The molecule has 0 spiro atoms. The number of alkyl halides is 2. The van der Waals surface area contributed by atoms with E-state index in [2.05, 4.69) is 74.7 Å². The fourth-order valence-corrected chi connectivity index (χ4v) is 9.18. The van der Waals surface area contributed by atoms with Crippen molar-refractivity contribution in [3.8, 4) is 24.3 Å². The van der Waals surface area contributed by atoms with Gasteiger partial charge in [-0.15, -0.1) is 0 Å². The maximum absolute atomic E-state index is 11.2. The van der Waals surface area contributed by atoms with Gasteiger partial charge in [0.2, 0.25) is 0 Å². The zero-order valence-electron chi connectivity index (χ0n) is 42.6. The molecule has 3 saturated heterocycles. The van der Waals surface area contributed by atoms with Crippen molar-refractivity contribution in [2.45, 2.75) is 81.3 Å². The van der Waals surface area contributed by atoms with E-state index in [9.17, 15) is 25.7 Å². The Labute approximate surface area is 480 Å². The molecule has 18 nitrogen and oxygen atoms in total. The van der Waals surface area contributed by atoms with Crippen molar-refractivity contribution in [1.29, 1.82) is 21.0 Å². The van der Waals surface area contributed by atoms with Crippen LogP contribution in [0, 0.1) is 52.2 Å². The number of carbonyl (C=O) groups is 1. The number of hydrogen-bond donors (Lipinski definition) is 1. The molecular formula is C52H59Br2Cl4N9O9. The molecule has 7 rings (SSSR count). The number of methoxy groups -OCH3 is 1. The molecule has 3 fully saturated rings. The fourth-order valence-electron chi connectivity index (χ4n) is 8.06. The number of ether oxygens (including phenoxy) is 5. The summed E-state index contributed by atoms with van der Waals surface area (Å²) < 4.78 is 25.5. The molecule has 0 aromatic carbocycles. The predicted molar refractivity (Wildman–Crippen MR) is 291 cm³/mol. The zero-order valence-corrected chi connectivity index (χ0v) is 48.8. The largest absolute Gasteiger partial charge is 0.464 e. The average molecular weight is 1260 g/mol. The van der Waals surface area contributed by atoms with Crippen molar-refractivity contribution in [3.63, 3.8) is 0 Å². The summed E-state index contributed by atoms with van der Waals surface area (Å²) in [5.74, 6) is -0.585. The van der Waals surface area contributed by atoms with Gasteiger partial charge in [0.25, 0.3) is 0 Å². The van der Waals surface area contributed by atoms with Crippen molar-refractivity contribution in [2.75, 3.05) is 84.7 Å². The molecule has 408 valence electrons. The molecule has 0 atom stereocenters. The van der Waals surface area contributed by atoms with Crippen LogP contribution in [0.1, 0.15) is 88.3 Å². The Bertz CT molecular complexity index is 2650. The van der Waals surface area contributed by atoms with Gasteiger partial charge in [0.05, 0.1) is 85.3 Å². The maximum Gasteiger partial charge on any atom is 0.373 e. The second-order valence-corrected chi connectivity index (χ2v) is 20.0. The van der Waals surface area contributed by atoms with Crippen LogP contribution >= 0.6 is 78.3 Å². The van der Waals surface area contributed by atoms with Crippen LogP contribution in [-0.4, -0.2) is 127 Å². The first-order chi connectivity index (χ1) is 36.5. The van der Waals surface area contributed by atoms with Crippen LogP contribution in [0.4, 0.5) is 0 Å². The number of nitrogens with zero attached hydrogens (tertiary/aromatic N) is 9. The Balaban J connectivity index is 0.000000328. The molecule has 7 heterocycles. The minimum absolute atomic E-state index is 0.0987. The Morgan fingerprint density at radius 2 is 1.04 bits per heavy atom. The summed E-state index contributed by atoms with van der Waals surface area (Å²) in [5, 5.41) is 49.7. The van der Waals surface area contributed by atoms with E-state index in [0.29, 0.717) is 98.6 Å². The van der Waals surface area contributed by atoms with Crippen LogP contribution in [-0.2, 0) is 69.1 Å². The first-order valence-electron chi connectivity index (χ1n) is 23.5. The van der Waals surface area contributed by atoms with Crippen LogP contribution in [0.3, 0.4) is 0 Å². The molecule has 0 amide bonds. The first-order valence-corrected chi connectivity index (χ1v) is 27.2. The molecule has 4 aromatic heterocycles. The van der Waals surface area contributed by atoms with E-state index < -0.39 is 22.2 Å². The van der Waals surface area contributed by atoms with Crippen LogP contribution in [0.5, 0.6) is 0 Å². The summed E-state index contributed by atoms with van der Waals surface area (Å²) in [6, 6.07) is 23.1. The number of aromatic nitrogens is 4. The van der Waals surface area contributed by atoms with Gasteiger partial charge in [-0.05, 0) is 106 Å². The van der Waals surface area contributed by atoms with Crippen molar-refractivity contribution in [2.24, 2.45) is 0 Å². The van der Waals surface area contributed by atoms with E-state index in [1.807, 2.05) is 44.1 Å². The second-order valence-electron chi connectivity index (χ2n) is 16.9. The number of carbonyl (C=O) groups excluding carboxylic acids is 3. The van der Waals surface area contributed by atoms with E-state index in [1.54, 1.807) is 30.3 Å². The summed E-state index contributed by atoms with van der Waals surface area (Å²) in [6.45, 7) is 7.62. The molecule has 3 aliphatic heterocycles. The highest BCUT2D eigenvalue weighted by Gasteiger charge is 2.39. The molecule has 0 bridgehead atoms. The lowest BCUT2D eigenvalue weighted by atomic mass is 9.74. The average Bonchev–Trinajstić information content (AvgIpc) is 3.42. The number of esters is 1. The van der Waals surface area contributed by atoms with E-state index in [-0.39, 0.29) is 30.0 Å². The lowest BCUT2D eigenvalue weighted by Crippen LogP contribution is -2.34. The van der Waals surface area contributed by atoms with Gasteiger partial charge in [-0.2, -0.15) is 30.6 Å². The monoisotopic (exact) mass is 1250 g/mol. The zero-order chi connectivity index (χ0) is 56.6. The van der Waals surface area contributed by atoms with Gasteiger partial charge in [-0.25, -0.2) is 24.7 Å². The highest BCUT2D eigenvalue weighted by molar-refractivity contribution is 9.09. The van der Waals surface area contributed by atoms with Crippen molar-refractivity contribution >= 4 is 90.4 Å². The van der Waals surface area contributed by atoms with Gasteiger partial charge < -0.3 is 33.7 Å². The third-order valence-corrected chi connectivity index (χ3v) is 13.3. The third kappa shape index (κ3) is 21.3. The van der Waals surface area contributed by atoms with Gasteiger partial charge in [-0.1, -0.05) is 103 Å². The standard InChI is InChI=1S/C14H18ClN3O.C12H13ClN2O2.C12H13ClN2O.C9H7ClN2O2.C4H8Br2O.CO2/c1-18(2)9-12-11(3-4-13(15)17-12)14(10-16)5-7-19-8-6-14;13-11-2-1-9(10(7-16)15-11)12(8-14)3-5-17-6-4-12;1-9-10(2-3-11(13)15-9)12(8-14)4-6-16-7-5-12;1-14-9(13)8-6(4-5-11)2-3-7(10)12-8;5-1-3-7-4-2-6;2-1-3/h3-4H,5-9H2,1-2H3;1-2,16H,3-7H2;2-3H,4-7H2,1H3;2-3H,4H2,1H3;1-4H2;. The summed E-state index contributed by atoms with van der Waals surface area (Å²) in [5.41, 5.74) is 4.06. The van der Waals surface area contributed by atoms with Crippen LogP contribution < -0.4 is 0 Å². The summed E-state index contributed by atoms with van der Waals surface area (Å²) >= 11 is 29.7.